The molecule has 0 spiro atoms. The van der Waals surface area contributed by atoms with Gasteiger partial charge in [-0.3, -0.25) is 4.79 Å². The number of carbonyl (C=O) groups excluding carboxylic acids is 1. The number of hydrogen-bond acceptors (Lipinski definition) is 2. The van der Waals surface area contributed by atoms with Crippen LogP contribution in [-0.2, 0) is 0 Å². The summed E-state index contributed by atoms with van der Waals surface area (Å²) in [6.45, 7) is 0. The van der Waals surface area contributed by atoms with E-state index in [0.717, 1.165) is 21.1 Å². The molecule has 0 aliphatic rings. The van der Waals surface area contributed by atoms with Crippen LogP contribution in [-0.4, -0.2) is 15.3 Å². The number of ketones is 1. The second-order valence-electron chi connectivity index (χ2n) is 5.74. The van der Waals surface area contributed by atoms with Gasteiger partial charge in [0.1, 0.15) is 11.4 Å². The zero-order valence-electron chi connectivity index (χ0n) is 13.2. The molecule has 0 aliphatic heterocycles. The smallest absolute Gasteiger partial charge is 0.210 e. The van der Waals surface area contributed by atoms with Crippen molar-refractivity contribution in [2.45, 2.75) is 0 Å². The fourth-order valence-corrected chi connectivity index (χ4v) is 3.75. The Morgan fingerprint density at radius 1 is 0.880 bits per heavy atom. The van der Waals surface area contributed by atoms with Gasteiger partial charge in [0, 0.05) is 17.3 Å². The van der Waals surface area contributed by atoms with Crippen molar-refractivity contribution in [3.05, 3.63) is 94.7 Å². The molecule has 0 fully saturated rings. The summed E-state index contributed by atoms with van der Waals surface area (Å²) in [7, 11) is 0. The van der Waals surface area contributed by atoms with Gasteiger partial charge < -0.3 is 9.51 Å². The number of halogens is 1. The van der Waals surface area contributed by atoms with Crippen molar-refractivity contribution in [1.82, 2.24) is 4.40 Å². The molecule has 2 aromatic heterocycles. The first-order chi connectivity index (χ1) is 12.2. The van der Waals surface area contributed by atoms with E-state index >= 15 is 0 Å². The molecule has 0 saturated heterocycles. The van der Waals surface area contributed by atoms with E-state index < -0.39 is 0 Å². The fraction of sp³-hybridized carbons (Fsp3) is 0. The van der Waals surface area contributed by atoms with Gasteiger partial charge in [-0.2, -0.15) is 0 Å². The lowest BCUT2D eigenvalue weighted by Crippen LogP contribution is -2.06. The second kappa shape index (κ2) is 6.22. The highest BCUT2D eigenvalue weighted by atomic mass is 79.9. The van der Waals surface area contributed by atoms with Crippen LogP contribution in [0.3, 0.4) is 0 Å². The van der Waals surface area contributed by atoms with Crippen LogP contribution in [0.2, 0.25) is 0 Å². The first kappa shape index (κ1) is 15.7. The molecule has 0 saturated carbocycles. The van der Waals surface area contributed by atoms with E-state index in [2.05, 4.69) is 15.9 Å². The summed E-state index contributed by atoms with van der Waals surface area (Å²) in [4.78, 5) is 13.3. The van der Waals surface area contributed by atoms with E-state index in [0.29, 0.717) is 11.3 Å². The number of rotatable bonds is 3. The molecule has 4 aromatic rings. The Morgan fingerprint density at radius 2 is 1.56 bits per heavy atom. The van der Waals surface area contributed by atoms with E-state index in [9.17, 15) is 9.90 Å². The number of phenols is 1. The average Bonchev–Trinajstić information content (AvgIpc) is 2.95. The third kappa shape index (κ3) is 2.65. The zero-order valence-corrected chi connectivity index (χ0v) is 14.8. The summed E-state index contributed by atoms with van der Waals surface area (Å²) in [6.07, 6.45) is 1.89. The Kier molecular flexibility index (Phi) is 3.90. The Hall–Kier alpha value is -2.85. The topological polar surface area (TPSA) is 41.7 Å². The average molecular weight is 392 g/mol. The number of fused-ring (bicyclic) bond motifs is 1. The maximum atomic E-state index is 13.3. The molecule has 1 N–H and O–H groups in total. The number of phenolic OH excluding ortho intramolecular Hbond substituents is 1. The van der Waals surface area contributed by atoms with Gasteiger partial charge in [-0.15, -0.1) is 0 Å². The molecule has 0 bridgehead atoms. The molecular formula is C21H14BrNO2. The molecular weight excluding hydrogens is 378 g/mol. The number of nitrogens with zero attached hydrogens (tertiary/aromatic N) is 1. The van der Waals surface area contributed by atoms with Crippen LogP contribution in [0.1, 0.15) is 16.1 Å². The van der Waals surface area contributed by atoms with E-state index in [1.165, 1.54) is 12.1 Å². The molecule has 122 valence electrons. The van der Waals surface area contributed by atoms with Crippen molar-refractivity contribution in [2.75, 3.05) is 0 Å². The van der Waals surface area contributed by atoms with Crippen LogP contribution in [0.4, 0.5) is 0 Å². The Bertz CT molecular complexity index is 1070. The molecule has 25 heavy (non-hydrogen) atoms. The summed E-state index contributed by atoms with van der Waals surface area (Å²) in [5.74, 6) is 0.0479. The third-order valence-electron chi connectivity index (χ3n) is 4.19. The molecule has 4 rings (SSSR count). The summed E-state index contributed by atoms with van der Waals surface area (Å²) >= 11 is 3.68. The number of pyridine rings is 1. The van der Waals surface area contributed by atoms with Gasteiger partial charge in [-0.1, -0.05) is 36.4 Å². The number of carbonyl (C=O) groups is 1. The Labute approximate surface area is 153 Å². The number of aromatic hydroxyl groups is 1. The standard InChI is InChI=1S/C21H14BrNO2/c22-19-17-8-4-5-13-23(17)20(18(19)14-6-2-1-3-7-14)21(25)15-9-11-16(24)12-10-15/h1-13,24H. The van der Waals surface area contributed by atoms with Gasteiger partial charge in [0.15, 0.2) is 0 Å². The van der Waals surface area contributed by atoms with Crippen molar-refractivity contribution in [3.8, 4) is 16.9 Å². The molecule has 0 aliphatic carbocycles. The number of aromatic nitrogens is 1. The summed E-state index contributed by atoms with van der Waals surface area (Å²) in [5.41, 5.74) is 3.90. The molecule has 0 amide bonds. The normalized spacial score (nSPS) is 10.9. The summed E-state index contributed by atoms with van der Waals surface area (Å²) in [6, 6.07) is 22.0. The predicted octanol–water partition coefficient (Wildman–Crippen LogP) is 5.31. The maximum absolute atomic E-state index is 13.3. The minimum Gasteiger partial charge on any atom is -0.508 e. The van der Waals surface area contributed by atoms with Gasteiger partial charge in [-0.25, -0.2) is 0 Å². The summed E-state index contributed by atoms with van der Waals surface area (Å²) < 4.78 is 2.79. The highest BCUT2D eigenvalue weighted by Gasteiger charge is 2.24. The quantitative estimate of drug-likeness (QED) is 0.481. The van der Waals surface area contributed by atoms with E-state index in [1.54, 1.807) is 12.1 Å². The van der Waals surface area contributed by atoms with Crippen LogP contribution >= 0.6 is 15.9 Å². The monoisotopic (exact) mass is 391 g/mol. The molecule has 0 unspecified atom stereocenters. The molecule has 0 radical (unpaired) electrons. The molecule has 2 aromatic carbocycles. The van der Waals surface area contributed by atoms with Gasteiger partial charge in [0.05, 0.1) is 9.99 Å². The van der Waals surface area contributed by atoms with Crippen molar-refractivity contribution in [2.24, 2.45) is 0 Å². The second-order valence-corrected chi connectivity index (χ2v) is 6.53. The van der Waals surface area contributed by atoms with Crippen LogP contribution in [0, 0.1) is 0 Å². The van der Waals surface area contributed by atoms with Gasteiger partial charge in [0.25, 0.3) is 0 Å². The first-order valence-electron chi connectivity index (χ1n) is 7.84. The van der Waals surface area contributed by atoms with Crippen molar-refractivity contribution < 1.29 is 9.90 Å². The van der Waals surface area contributed by atoms with Gasteiger partial charge in [-0.05, 0) is 57.9 Å². The minimum atomic E-state index is -0.0919. The van der Waals surface area contributed by atoms with Crippen LogP contribution in [0.5, 0.6) is 5.75 Å². The molecule has 4 heteroatoms. The van der Waals surface area contributed by atoms with Gasteiger partial charge in [0.2, 0.25) is 5.78 Å². The SMILES string of the molecule is O=C(c1ccc(O)cc1)c1c(-c2ccccc2)c(Br)c2ccccn12. The number of benzene rings is 2. The lowest BCUT2D eigenvalue weighted by atomic mass is 10.0. The fourth-order valence-electron chi connectivity index (χ4n) is 3.01. The Balaban J connectivity index is 2.02. The van der Waals surface area contributed by atoms with E-state index in [1.807, 2.05) is 59.1 Å². The molecule has 0 atom stereocenters. The van der Waals surface area contributed by atoms with Crippen molar-refractivity contribution in [1.29, 1.82) is 0 Å². The molecule has 3 nitrogen and oxygen atoms in total. The highest BCUT2D eigenvalue weighted by Crippen LogP contribution is 2.38. The lowest BCUT2D eigenvalue weighted by Gasteiger charge is -2.07. The number of hydrogen-bond donors (Lipinski definition) is 1. The van der Waals surface area contributed by atoms with Crippen LogP contribution < -0.4 is 0 Å². The van der Waals surface area contributed by atoms with Gasteiger partial charge >= 0.3 is 0 Å². The Morgan fingerprint density at radius 3 is 2.28 bits per heavy atom. The predicted molar refractivity (Wildman–Crippen MR) is 102 cm³/mol. The largest absolute Gasteiger partial charge is 0.508 e. The maximum Gasteiger partial charge on any atom is 0.210 e. The van der Waals surface area contributed by atoms with Crippen LogP contribution in [0.25, 0.3) is 16.6 Å². The van der Waals surface area contributed by atoms with Crippen LogP contribution in [0.15, 0.2) is 83.5 Å². The van der Waals surface area contributed by atoms with Crippen molar-refractivity contribution >= 4 is 27.2 Å². The highest BCUT2D eigenvalue weighted by molar-refractivity contribution is 9.10. The van der Waals surface area contributed by atoms with Crippen molar-refractivity contribution in [3.63, 3.8) is 0 Å². The zero-order chi connectivity index (χ0) is 17.4. The minimum absolute atomic E-state index is 0.0919. The summed E-state index contributed by atoms with van der Waals surface area (Å²) in [5, 5.41) is 9.49. The molecule has 2 heterocycles. The van der Waals surface area contributed by atoms with E-state index in [4.69, 9.17) is 0 Å². The van der Waals surface area contributed by atoms with E-state index in [-0.39, 0.29) is 11.5 Å². The lowest BCUT2D eigenvalue weighted by molar-refractivity contribution is 0.103. The first-order valence-corrected chi connectivity index (χ1v) is 8.64. The third-order valence-corrected chi connectivity index (χ3v) is 4.99.